The Kier molecular flexibility index (Phi) is 8.69. The Bertz CT molecular complexity index is 2540. The Hall–Kier alpha value is -6.23. The molecule has 0 aromatic heterocycles. The maximum Gasteiger partial charge on any atom is 0.131 e. The van der Waals surface area contributed by atoms with Gasteiger partial charge in [-0.15, -0.1) is 0 Å². The smallest absolute Gasteiger partial charge is 0.131 e. The highest BCUT2D eigenvalue weighted by atomic mass is 15.3. The predicted octanol–water partition coefficient (Wildman–Crippen LogP) is 9.06. The van der Waals surface area contributed by atoms with E-state index in [0.717, 1.165) is 44.9 Å². The molecule has 9 rings (SSSR count). The maximum absolute atomic E-state index is 5.31. The molecule has 3 N–H and O–H groups in total. The molecule has 3 unspecified atom stereocenters. The standard InChI is InChI=1S/C50H44N4/c1-50(2,3)41-28-26-34(27-29-41)39-30-38(33-22-24-35(25-23-33)46-44-20-11-10-18-42(44)43-19-12-13-21-45(43)51-46)31-40(32-39)49-53-47(36-14-6-4-7-15-36)52-48(54-49)37-16-8-5-9-17-37/h4-32,45,47,49,51,53H,1-3H3,(H,52,54). The second kappa shape index (κ2) is 14.0. The van der Waals surface area contributed by atoms with Gasteiger partial charge in [-0.25, -0.2) is 4.99 Å². The minimum Gasteiger partial charge on any atom is -0.374 e. The van der Waals surface area contributed by atoms with Crippen LogP contribution in [0.25, 0.3) is 33.5 Å². The highest BCUT2D eigenvalue weighted by molar-refractivity contribution is 5.99. The van der Waals surface area contributed by atoms with Gasteiger partial charge in [0.2, 0.25) is 0 Å². The van der Waals surface area contributed by atoms with Crippen LogP contribution in [0.15, 0.2) is 181 Å². The average Bonchev–Trinajstić information content (AvgIpc) is 3.23. The zero-order valence-electron chi connectivity index (χ0n) is 30.9. The topological polar surface area (TPSA) is 48.5 Å². The summed E-state index contributed by atoms with van der Waals surface area (Å²) in [5.74, 6) is 0.875. The van der Waals surface area contributed by atoms with Gasteiger partial charge >= 0.3 is 0 Å². The highest BCUT2D eigenvalue weighted by Gasteiger charge is 2.26. The third-order valence-corrected chi connectivity index (χ3v) is 10.7. The molecule has 264 valence electrons. The van der Waals surface area contributed by atoms with E-state index in [4.69, 9.17) is 4.99 Å². The average molecular weight is 701 g/mol. The Balaban J connectivity index is 1.15. The number of nitrogens with zero attached hydrogens (tertiary/aromatic N) is 1. The van der Waals surface area contributed by atoms with Crippen LogP contribution in [-0.2, 0) is 5.41 Å². The molecule has 6 aromatic carbocycles. The quantitative estimate of drug-likeness (QED) is 0.163. The van der Waals surface area contributed by atoms with E-state index in [1.165, 1.54) is 32.7 Å². The van der Waals surface area contributed by atoms with Crippen LogP contribution in [0.2, 0.25) is 0 Å². The van der Waals surface area contributed by atoms with E-state index in [9.17, 15) is 0 Å². The molecule has 0 spiro atoms. The molecule has 6 aromatic rings. The van der Waals surface area contributed by atoms with E-state index < -0.39 is 0 Å². The fraction of sp³-hybridized carbons (Fsp3) is 0.140. The third-order valence-electron chi connectivity index (χ3n) is 10.7. The summed E-state index contributed by atoms with van der Waals surface area (Å²) in [7, 11) is 0. The number of benzene rings is 6. The molecular weight excluding hydrogens is 657 g/mol. The van der Waals surface area contributed by atoms with Crippen molar-refractivity contribution in [3.63, 3.8) is 0 Å². The summed E-state index contributed by atoms with van der Waals surface area (Å²) in [6, 6.07) is 54.9. The second-order valence-corrected chi connectivity index (χ2v) is 15.4. The van der Waals surface area contributed by atoms with Gasteiger partial charge in [0.1, 0.15) is 18.2 Å². The van der Waals surface area contributed by atoms with Crippen LogP contribution in [0.5, 0.6) is 0 Å². The molecule has 3 atom stereocenters. The second-order valence-electron chi connectivity index (χ2n) is 15.4. The maximum atomic E-state index is 5.31. The van der Waals surface area contributed by atoms with E-state index in [2.05, 4.69) is 207 Å². The van der Waals surface area contributed by atoms with Crippen molar-refractivity contribution < 1.29 is 0 Å². The van der Waals surface area contributed by atoms with Gasteiger partial charge in [-0.1, -0.05) is 179 Å². The Morgan fingerprint density at radius 2 is 1.13 bits per heavy atom. The molecule has 0 radical (unpaired) electrons. The largest absolute Gasteiger partial charge is 0.374 e. The minimum absolute atomic E-state index is 0.0800. The zero-order valence-corrected chi connectivity index (χ0v) is 30.9. The lowest BCUT2D eigenvalue weighted by Gasteiger charge is -2.32. The Morgan fingerprint density at radius 3 is 1.81 bits per heavy atom. The van der Waals surface area contributed by atoms with Crippen LogP contribution in [0.4, 0.5) is 0 Å². The zero-order chi connectivity index (χ0) is 36.6. The van der Waals surface area contributed by atoms with Crippen LogP contribution >= 0.6 is 0 Å². The van der Waals surface area contributed by atoms with Crippen molar-refractivity contribution in [1.82, 2.24) is 16.0 Å². The first kappa shape index (κ1) is 33.6. The molecular formula is C50H44N4. The fourth-order valence-corrected chi connectivity index (χ4v) is 7.77. The summed E-state index contributed by atoms with van der Waals surface area (Å²) in [6.45, 7) is 6.79. The van der Waals surface area contributed by atoms with Crippen LogP contribution in [-0.4, -0.2) is 11.9 Å². The van der Waals surface area contributed by atoms with Crippen molar-refractivity contribution >= 4 is 17.1 Å². The summed E-state index contributed by atoms with van der Waals surface area (Å²) in [6.07, 6.45) is 8.33. The molecule has 1 aliphatic carbocycles. The number of fused-ring (bicyclic) bond motifs is 2. The van der Waals surface area contributed by atoms with Crippen molar-refractivity contribution in [3.05, 3.63) is 214 Å². The van der Waals surface area contributed by atoms with E-state index in [1.54, 1.807) is 0 Å². The SMILES string of the molecule is CC(C)(C)c1ccc(-c2cc(-c3ccc(C4=c5ccccc5=C5C=CC=CC5N4)cc3)cc(C3N=C(c4ccccc4)NC(c4ccccc4)N3)c2)cc1. The first-order chi connectivity index (χ1) is 26.4. The summed E-state index contributed by atoms with van der Waals surface area (Å²) in [5.41, 5.74) is 13.0. The molecule has 4 heteroatoms. The van der Waals surface area contributed by atoms with Crippen molar-refractivity contribution in [3.8, 4) is 22.3 Å². The summed E-state index contributed by atoms with van der Waals surface area (Å²) in [4.78, 5) is 5.31. The number of hydrogen-bond donors (Lipinski definition) is 3. The van der Waals surface area contributed by atoms with Crippen LogP contribution in [0.3, 0.4) is 0 Å². The first-order valence-electron chi connectivity index (χ1n) is 18.9. The number of aliphatic imine (C=N–C) groups is 1. The molecule has 4 nitrogen and oxygen atoms in total. The monoisotopic (exact) mass is 700 g/mol. The van der Waals surface area contributed by atoms with Crippen molar-refractivity contribution in [2.75, 3.05) is 0 Å². The van der Waals surface area contributed by atoms with Gasteiger partial charge in [0, 0.05) is 10.8 Å². The minimum atomic E-state index is -0.278. The molecule has 54 heavy (non-hydrogen) atoms. The van der Waals surface area contributed by atoms with E-state index in [-0.39, 0.29) is 23.8 Å². The molecule has 0 amide bonds. The molecule has 2 heterocycles. The van der Waals surface area contributed by atoms with Gasteiger partial charge in [-0.3, -0.25) is 5.32 Å². The van der Waals surface area contributed by atoms with Crippen molar-refractivity contribution in [2.45, 2.75) is 44.6 Å². The third kappa shape index (κ3) is 6.61. The van der Waals surface area contributed by atoms with Crippen molar-refractivity contribution in [1.29, 1.82) is 0 Å². The summed E-state index contributed by atoms with van der Waals surface area (Å²) < 4.78 is 0. The lowest BCUT2D eigenvalue weighted by atomic mass is 9.86. The van der Waals surface area contributed by atoms with Gasteiger partial charge in [-0.05, 0) is 78.9 Å². The number of amidine groups is 1. The number of rotatable bonds is 6. The molecule has 2 aliphatic heterocycles. The molecule has 0 fully saturated rings. The van der Waals surface area contributed by atoms with Gasteiger partial charge in [0.05, 0.1) is 11.7 Å². The van der Waals surface area contributed by atoms with E-state index in [1.807, 2.05) is 6.07 Å². The predicted molar refractivity (Wildman–Crippen MR) is 224 cm³/mol. The Labute approximate surface area is 318 Å². The molecule has 0 saturated carbocycles. The van der Waals surface area contributed by atoms with Crippen molar-refractivity contribution in [2.24, 2.45) is 4.99 Å². The summed E-state index contributed by atoms with van der Waals surface area (Å²) >= 11 is 0. The van der Waals surface area contributed by atoms with Gasteiger partial charge < -0.3 is 10.6 Å². The lowest BCUT2D eigenvalue weighted by molar-refractivity contribution is 0.409. The lowest BCUT2D eigenvalue weighted by Crippen LogP contribution is -2.45. The Morgan fingerprint density at radius 1 is 0.519 bits per heavy atom. The molecule has 0 saturated heterocycles. The normalized spacial score (nSPS) is 18.9. The number of hydrogen-bond acceptors (Lipinski definition) is 4. The van der Waals surface area contributed by atoms with E-state index in [0.29, 0.717) is 0 Å². The first-order valence-corrected chi connectivity index (χ1v) is 18.9. The van der Waals surface area contributed by atoms with Crippen LogP contribution < -0.4 is 26.4 Å². The van der Waals surface area contributed by atoms with Gasteiger partial charge in [0.15, 0.2) is 0 Å². The van der Waals surface area contributed by atoms with Gasteiger partial charge in [0.25, 0.3) is 0 Å². The fourth-order valence-electron chi connectivity index (χ4n) is 7.77. The van der Waals surface area contributed by atoms with Gasteiger partial charge in [-0.2, -0.15) is 0 Å². The number of allylic oxidation sites excluding steroid dienone is 2. The van der Waals surface area contributed by atoms with E-state index >= 15 is 0 Å². The summed E-state index contributed by atoms with van der Waals surface area (Å²) in [5, 5.41) is 13.9. The van der Waals surface area contributed by atoms with Crippen LogP contribution in [0, 0.1) is 0 Å². The number of nitrogens with one attached hydrogen (secondary N) is 3. The van der Waals surface area contributed by atoms with Crippen LogP contribution in [0.1, 0.15) is 60.9 Å². The highest BCUT2D eigenvalue weighted by Crippen LogP contribution is 2.35. The molecule has 0 bridgehead atoms. The molecule has 3 aliphatic rings.